The number of amides is 2. The van der Waals surface area contributed by atoms with Crippen molar-refractivity contribution in [2.45, 2.75) is 45.3 Å². The Hall–Kier alpha value is -2.57. The van der Waals surface area contributed by atoms with E-state index in [2.05, 4.69) is 10.1 Å². The van der Waals surface area contributed by atoms with Crippen LogP contribution in [0.15, 0.2) is 30.0 Å². The molecule has 8 nitrogen and oxygen atoms in total. The van der Waals surface area contributed by atoms with Crippen LogP contribution in [0.5, 0.6) is 5.75 Å². The predicted molar refractivity (Wildman–Crippen MR) is 104 cm³/mol. The summed E-state index contributed by atoms with van der Waals surface area (Å²) in [6, 6.07) is 3.48. The molecule has 0 saturated carbocycles. The molecule has 0 unspecified atom stereocenters. The zero-order valence-corrected chi connectivity index (χ0v) is 17.4. The van der Waals surface area contributed by atoms with Gasteiger partial charge in [0.2, 0.25) is 0 Å². The van der Waals surface area contributed by atoms with E-state index in [1.165, 1.54) is 6.07 Å². The molecule has 0 spiro atoms. The largest absolute Gasteiger partial charge is 0.573 e. The van der Waals surface area contributed by atoms with E-state index in [9.17, 15) is 22.8 Å². The van der Waals surface area contributed by atoms with Crippen LogP contribution in [0.3, 0.4) is 0 Å². The van der Waals surface area contributed by atoms with Gasteiger partial charge in [0.15, 0.2) is 0 Å². The van der Waals surface area contributed by atoms with E-state index < -0.39 is 48.9 Å². The van der Waals surface area contributed by atoms with Crippen LogP contribution in [0.1, 0.15) is 27.7 Å². The van der Waals surface area contributed by atoms with Crippen molar-refractivity contribution < 1.29 is 41.9 Å². The number of β-amino-alcohol motifs (C(OH)–C–C–N with tert-alkyl or cyclic N) is 1. The minimum Gasteiger partial charge on any atom is -0.406 e. The topological polar surface area (TPSA) is 97.3 Å². The number of ether oxygens (including phenoxy) is 1. The minimum absolute atomic E-state index is 0.0403. The van der Waals surface area contributed by atoms with Crippen molar-refractivity contribution in [3.05, 3.63) is 30.0 Å². The van der Waals surface area contributed by atoms with Crippen molar-refractivity contribution in [3.8, 4) is 5.75 Å². The van der Waals surface area contributed by atoms with E-state index in [0.29, 0.717) is 5.46 Å². The number of nitrogens with zero attached hydrogens (tertiary/aromatic N) is 1. The fourth-order valence-corrected chi connectivity index (χ4v) is 3.07. The number of benzene rings is 1. The highest BCUT2D eigenvalue weighted by molar-refractivity contribution is 6.64. The molecule has 1 aromatic rings. The van der Waals surface area contributed by atoms with Gasteiger partial charge in [-0.15, -0.1) is 13.2 Å². The highest BCUT2D eigenvalue weighted by Gasteiger charge is 2.52. The molecule has 1 aromatic carbocycles. The van der Waals surface area contributed by atoms with Gasteiger partial charge in [-0.05, 0) is 33.8 Å². The van der Waals surface area contributed by atoms with Crippen molar-refractivity contribution in [2.75, 3.05) is 18.5 Å². The molecule has 2 amide bonds. The molecule has 31 heavy (non-hydrogen) atoms. The zero-order valence-electron chi connectivity index (χ0n) is 17.4. The predicted octanol–water partition coefficient (Wildman–Crippen LogP) is 1.54. The number of anilines is 1. The molecule has 3 rings (SSSR count). The van der Waals surface area contributed by atoms with Gasteiger partial charge in [-0.25, -0.2) is 0 Å². The van der Waals surface area contributed by atoms with Crippen molar-refractivity contribution in [3.63, 3.8) is 0 Å². The third-order valence-electron chi connectivity index (χ3n) is 5.37. The number of aliphatic hydroxyl groups excluding tert-OH is 1. The summed E-state index contributed by atoms with van der Waals surface area (Å²) in [5.41, 5.74) is -1.24. The summed E-state index contributed by atoms with van der Waals surface area (Å²) in [6.45, 7) is 6.63. The number of rotatable bonds is 6. The Labute approximate surface area is 177 Å². The first kappa shape index (κ1) is 23.1. The first-order chi connectivity index (χ1) is 14.2. The normalized spacial score (nSPS) is 20.3. The summed E-state index contributed by atoms with van der Waals surface area (Å²) in [5.74, 6) is -1.90. The average Bonchev–Trinajstić information content (AvgIpc) is 2.99. The quantitative estimate of drug-likeness (QED) is 0.510. The van der Waals surface area contributed by atoms with Crippen LogP contribution in [-0.2, 0) is 18.9 Å². The molecule has 0 aromatic heterocycles. The lowest BCUT2D eigenvalue weighted by atomic mass is 9.77. The molecular formula is C19H22BF3N2O6. The highest BCUT2D eigenvalue weighted by atomic mass is 19.4. The van der Waals surface area contributed by atoms with Crippen molar-refractivity contribution in [2.24, 2.45) is 0 Å². The van der Waals surface area contributed by atoms with Gasteiger partial charge in [-0.2, -0.15) is 0 Å². The van der Waals surface area contributed by atoms with Gasteiger partial charge in [0.05, 0.1) is 24.4 Å². The van der Waals surface area contributed by atoms with Gasteiger partial charge in [0.1, 0.15) is 11.4 Å². The monoisotopic (exact) mass is 442 g/mol. The van der Waals surface area contributed by atoms with E-state index in [0.717, 1.165) is 23.1 Å². The van der Waals surface area contributed by atoms with Gasteiger partial charge < -0.3 is 24.5 Å². The third-order valence-corrected chi connectivity index (χ3v) is 5.37. The number of halogens is 3. The molecule has 2 heterocycles. The molecule has 0 bridgehead atoms. The van der Waals surface area contributed by atoms with Gasteiger partial charge in [-0.3, -0.25) is 14.5 Å². The Bertz CT molecular complexity index is 916. The fourth-order valence-electron chi connectivity index (χ4n) is 3.07. The van der Waals surface area contributed by atoms with Crippen LogP contribution in [0, 0.1) is 0 Å². The summed E-state index contributed by atoms with van der Waals surface area (Å²) < 4.78 is 54.0. The number of imide groups is 1. The van der Waals surface area contributed by atoms with Gasteiger partial charge in [-0.1, -0.05) is 6.07 Å². The number of hydrogen-bond donors (Lipinski definition) is 2. The van der Waals surface area contributed by atoms with Crippen LogP contribution in [0.2, 0.25) is 0 Å². The van der Waals surface area contributed by atoms with Crippen LogP contribution in [0.25, 0.3) is 0 Å². The third kappa shape index (κ3) is 4.70. The summed E-state index contributed by atoms with van der Waals surface area (Å²) in [4.78, 5) is 25.3. The molecule has 168 valence electrons. The zero-order chi connectivity index (χ0) is 23.2. The minimum atomic E-state index is -4.92. The second-order valence-corrected chi connectivity index (χ2v) is 8.09. The lowest BCUT2D eigenvalue weighted by molar-refractivity contribution is -0.274. The molecular weight excluding hydrogens is 420 g/mol. The smallest absolute Gasteiger partial charge is 0.406 e. The number of nitrogens with one attached hydrogen (secondary N) is 1. The Morgan fingerprint density at radius 2 is 1.77 bits per heavy atom. The molecule has 0 atom stereocenters. The lowest BCUT2D eigenvalue weighted by Crippen LogP contribution is -2.41. The van der Waals surface area contributed by atoms with Crippen LogP contribution in [0.4, 0.5) is 18.9 Å². The number of aliphatic hydroxyl groups is 1. The van der Waals surface area contributed by atoms with Crippen molar-refractivity contribution in [1.82, 2.24) is 4.90 Å². The molecule has 2 N–H and O–H groups in total. The lowest BCUT2D eigenvalue weighted by Gasteiger charge is -2.32. The fraction of sp³-hybridized carbons (Fsp3) is 0.474. The first-order valence-corrected chi connectivity index (χ1v) is 9.45. The molecule has 1 saturated heterocycles. The molecule has 12 heteroatoms. The number of alkyl halides is 3. The summed E-state index contributed by atoms with van der Waals surface area (Å²) in [5, 5.41) is 11.7. The number of hydrogen-bond acceptors (Lipinski definition) is 7. The van der Waals surface area contributed by atoms with Gasteiger partial charge in [0.25, 0.3) is 11.8 Å². The van der Waals surface area contributed by atoms with Crippen LogP contribution >= 0.6 is 0 Å². The highest BCUT2D eigenvalue weighted by Crippen LogP contribution is 2.37. The van der Waals surface area contributed by atoms with Crippen molar-refractivity contribution in [1.29, 1.82) is 0 Å². The summed E-state index contributed by atoms with van der Waals surface area (Å²) in [7, 11) is -0.950. The molecule has 1 fully saturated rings. The SMILES string of the molecule is CC1(C)OB(c2ccc(OC(F)(F)F)cc2NC2=CC(=O)N(CCO)C2=O)OC1(C)C. The summed E-state index contributed by atoms with van der Waals surface area (Å²) in [6.07, 6.45) is -3.91. The molecule has 0 aliphatic carbocycles. The molecule has 0 radical (unpaired) electrons. The van der Waals surface area contributed by atoms with Gasteiger partial charge >= 0.3 is 13.5 Å². The van der Waals surface area contributed by atoms with E-state index >= 15 is 0 Å². The second kappa shape index (κ2) is 7.84. The first-order valence-electron chi connectivity index (χ1n) is 9.45. The summed E-state index contributed by atoms with van der Waals surface area (Å²) >= 11 is 0. The van der Waals surface area contributed by atoms with Crippen LogP contribution < -0.4 is 15.5 Å². The van der Waals surface area contributed by atoms with E-state index in [4.69, 9.17) is 14.4 Å². The Kier molecular flexibility index (Phi) is 5.85. The maximum absolute atomic E-state index is 12.7. The Morgan fingerprint density at radius 1 is 1.16 bits per heavy atom. The van der Waals surface area contributed by atoms with E-state index in [1.807, 2.05) is 27.7 Å². The van der Waals surface area contributed by atoms with E-state index in [1.54, 1.807) is 0 Å². The second-order valence-electron chi connectivity index (χ2n) is 8.09. The number of carbonyl (C=O) groups excluding carboxylic acids is 2. The molecule has 2 aliphatic rings. The average molecular weight is 442 g/mol. The standard InChI is InChI=1S/C19H22BF3N2O6/c1-17(2)18(3,4)31-20(30-17)12-6-5-11(29-19(21,22)23)9-13(12)24-14-10-15(27)25(7-8-26)16(14)28/h5-6,9-10,24,26H,7-8H2,1-4H3. The van der Waals surface area contributed by atoms with Crippen LogP contribution in [-0.4, -0.2) is 59.7 Å². The van der Waals surface area contributed by atoms with Gasteiger partial charge in [0, 0.05) is 23.3 Å². The number of carbonyl (C=O) groups is 2. The Balaban J connectivity index is 1.97. The van der Waals surface area contributed by atoms with Crippen molar-refractivity contribution >= 4 is 30.1 Å². The Morgan fingerprint density at radius 3 is 2.32 bits per heavy atom. The maximum Gasteiger partial charge on any atom is 0.573 e. The molecule has 2 aliphatic heterocycles. The van der Waals surface area contributed by atoms with E-state index in [-0.39, 0.29) is 17.9 Å². The maximum atomic E-state index is 12.7.